The summed E-state index contributed by atoms with van der Waals surface area (Å²) < 4.78 is 0. The fourth-order valence-electron chi connectivity index (χ4n) is 3.02. The summed E-state index contributed by atoms with van der Waals surface area (Å²) >= 11 is 0. The lowest BCUT2D eigenvalue weighted by Gasteiger charge is -2.25. The molecule has 0 saturated carbocycles. The molecule has 2 aliphatic heterocycles. The fraction of sp³-hybridized carbons (Fsp3) is 0.750. The average Bonchev–Trinajstić information content (AvgIpc) is 3.00. The van der Waals surface area contributed by atoms with Gasteiger partial charge in [0.05, 0.1) is 6.10 Å². The van der Waals surface area contributed by atoms with Crippen LogP contribution in [0.25, 0.3) is 0 Å². The lowest BCUT2D eigenvalue weighted by atomic mass is 10.2. The number of aliphatic hydroxyl groups is 1. The molecule has 17 heavy (non-hydrogen) atoms. The lowest BCUT2D eigenvalue weighted by molar-refractivity contribution is 0.0978. The Balaban J connectivity index is 1.59. The van der Waals surface area contributed by atoms with Gasteiger partial charge in [-0.3, -0.25) is 14.9 Å². The van der Waals surface area contributed by atoms with Crippen LogP contribution in [0.1, 0.15) is 18.5 Å². The molecule has 2 aliphatic rings. The van der Waals surface area contributed by atoms with Crippen molar-refractivity contribution in [3.8, 4) is 0 Å². The maximum Gasteiger partial charge on any atom is 0.0834 e. The lowest BCUT2D eigenvalue weighted by Crippen LogP contribution is -2.41. The van der Waals surface area contributed by atoms with Crippen LogP contribution < -0.4 is 0 Å². The third-order valence-electron chi connectivity index (χ3n) is 3.90. The second-order valence-electron chi connectivity index (χ2n) is 5.15. The minimum absolute atomic E-state index is 0.198. The maximum absolute atomic E-state index is 10.1. The third-order valence-corrected chi connectivity index (χ3v) is 3.90. The van der Waals surface area contributed by atoms with Crippen molar-refractivity contribution < 1.29 is 5.11 Å². The van der Waals surface area contributed by atoms with Gasteiger partial charge in [-0.1, -0.05) is 0 Å². The normalized spacial score (nSPS) is 31.4. The number of aromatic nitrogens is 2. The van der Waals surface area contributed by atoms with E-state index in [0.29, 0.717) is 6.04 Å². The van der Waals surface area contributed by atoms with E-state index in [-0.39, 0.29) is 6.10 Å². The monoisotopic (exact) mass is 236 g/mol. The Bertz CT molecular complexity index is 347. The summed E-state index contributed by atoms with van der Waals surface area (Å²) in [5.41, 5.74) is 1.12. The quantitative estimate of drug-likeness (QED) is 0.778. The number of nitrogens with zero attached hydrogens (tertiary/aromatic N) is 3. The number of aliphatic hydroxyl groups excluding tert-OH is 1. The van der Waals surface area contributed by atoms with Crippen LogP contribution in [-0.2, 0) is 6.54 Å². The molecular formula is C12H20N4O. The number of likely N-dealkylation sites (tertiary alicyclic amines) is 2. The van der Waals surface area contributed by atoms with E-state index in [1.54, 1.807) is 6.20 Å². The molecule has 2 fully saturated rings. The molecule has 1 aromatic heterocycles. The Kier molecular flexibility index (Phi) is 3.13. The van der Waals surface area contributed by atoms with Crippen molar-refractivity contribution in [2.24, 2.45) is 0 Å². The van der Waals surface area contributed by atoms with E-state index in [1.807, 2.05) is 6.07 Å². The average molecular weight is 236 g/mol. The second-order valence-corrected chi connectivity index (χ2v) is 5.15. The van der Waals surface area contributed by atoms with Gasteiger partial charge in [0.25, 0.3) is 0 Å². The van der Waals surface area contributed by atoms with Crippen LogP contribution in [0.2, 0.25) is 0 Å². The van der Waals surface area contributed by atoms with E-state index in [4.69, 9.17) is 0 Å². The first kappa shape index (κ1) is 11.2. The predicted octanol–water partition coefficient (Wildman–Crippen LogP) is 0.0506. The van der Waals surface area contributed by atoms with E-state index in [2.05, 4.69) is 20.0 Å². The zero-order valence-electron chi connectivity index (χ0n) is 10.0. The first-order valence-electron chi connectivity index (χ1n) is 6.45. The Morgan fingerprint density at radius 2 is 2.18 bits per heavy atom. The summed E-state index contributed by atoms with van der Waals surface area (Å²) in [5.74, 6) is 0. The molecule has 0 spiro atoms. The highest BCUT2D eigenvalue weighted by atomic mass is 16.3. The van der Waals surface area contributed by atoms with Gasteiger partial charge in [0.15, 0.2) is 0 Å². The van der Waals surface area contributed by atoms with Crippen molar-refractivity contribution in [3.05, 3.63) is 18.0 Å². The Hall–Kier alpha value is -0.910. The number of rotatable bonds is 3. The summed E-state index contributed by atoms with van der Waals surface area (Å²) in [6, 6.07) is 2.33. The fourth-order valence-corrected chi connectivity index (χ4v) is 3.02. The van der Waals surface area contributed by atoms with Gasteiger partial charge in [-0.25, -0.2) is 0 Å². The van der Waals surface area contributed by atoms with E-state index in [9.17, 15) is 5.11 Å². The second kappa shape index (κ2) is 4.76. The van der Waals surface area contributed by atoms with Crippen molar-refractivity contribution in [1.82, 2.24) is 20.0 Å². The van der Waals surface area contributed by atoms with Crippen LogP contribution in [0.15, 0.2) is 12.3 Å². The Morgan fingerprint density at radius 1 is 1.35 bits per heavy atom. The van der Waals surface area contributed by atoms with Gasteiger partial charge in [0.2, 0.25) is 0 Å². The summed E-state index contributed by atoms with van der Waals surface area (Å²) in [6.07, 6.45) is 4.14. The van der Waals surface area contributed by atoms with E-state index in [1.165, 1.54) is 12.8 Å². The van der Waals surface area contributed by atoms with Gasteiger partial charge in [-0.2, -0.15) is 5.10 Å². The highest BCUT2D eigenvalue weighted by Gasteiger charge is 2.36. The molecule has 5 heteroatoms. The summed E-state index contributed by atoms with van der Waals surface area (Å²) in [5, 5.41) is 17.1. The van der Waals surface area contributed by atoms with E-state index < -0.39 is 0 Å². The van der Waals surface area contributed by atoms with Gasteiger partial charge in [-0.15, -0.1) is 0 Å². The van der Waals surface area contributed by atoms with Crippen molar-refractivity contribution in [3.63, 3.8) is 0 Å². The zero-order valence-corrected chi connectivity index (χ0v) is 10.0. The standard InChI is InChI=1S/C12H20N4O/c17-12-9-15(7-10-3-4-13-14-10)8-11(12)16-5-1-2-6-16/h3-4,11-12,17H,1-2,5-9H2,(H,13,14)/t11-,12-/m0/s1. The smallest absolute Gasteiger partial charge is 0.0834 e. The molecule has 0 radical (unpaired) electrons. The van der Waals surface area contributed by atoms with Gasteiger partial charge in [-0.05, 0) is 32.0 Å². The molecular weight excluding hydrogens is 216 g/mol. The number of H-pyrrole nitrogens is 1. The van der Waals surface area contributed by atoms with Gasteiger partial charge < -0.3 is 5.11 Å². The van der Waals surface area contributed by atoms with Crippen LogP contribution in [-0.4, -0.2) is 63.4 Å². The molecule has 2 saturated heterocycles. The molecule has 0 amide bonds. The first-order chi connectivity index (χ1) is 8.33. The van der Waals surface area contributed by atoms with Crippen LogP contribution in [0.5, 0.6) is 0 Å². The summed E-state index contributed by atoms with van der Waals surface area (Å²) in [4.78, 5) is 4.75. The molecule has 5 nitrogen and oxygen atoms in total. The van der Waals surface area contributed by atoms with Crippen molar-refractivity contribution in [1.29, 1.82) is 0 Å². The molecule has 3 rings (SSSR count). The van der Waals surface area contributed by atoms with Gasteiger partial charge in [0.1, 0.15) is 0 Å². The number of hydrogen-bond donors (Lipinski definition) is 2. The molecule has 0 unspecified atom stereocenters. The van der Waals surface area contributed by atoms with Crippen LogP contribution in [0.3, 0.4) is 0 Å². The topological polar surface area (TPSA) is 55.4 Å². The summed E-state index contributed by atoms with van der Waals surface area (Å²) in [7, 11) is 0. The van der Waals surface area contributed by atoms with Crippen molar-refractivity contribution >= 4 is 0 Å². The van der Waals surface area contributed by atoms with Gasteiger partial charge >= 0.3 is 0 Å². The van der Waals surface area contributed by atoms with Crippen LogP contribution >= 0.6 is 0 Å². The van der Waals surface area contributed by atoms with Crippen molar-refractivity contribution in [2.75, 3.05) is 26.2 Å². The molecule has 0 aliphatic carbocycles. The number of β-amino-alcohol motifs (C(OH)–C–C–N with tert-alkyl or cyclic N) is 1. The van der Waals surface area contributed by atoms with Crippen LogP contribution in [0.4, 0.5) is 0 Å². The third kappa shape index (κ3) is 2.36. The molecule has 0 aromatic carbocycles. The van der Waals surface area contributed by atoms with E-state index >= 15 is 0 Å². The molecule has 94 valence electrons. The molecule has 3 heterocycles. The summed E-state index contributed by atoms with van der Waals surface area (Å²) in [6.45, 7) is 4.92. The number of aromatic amines is 1. The number of nitrogens with one attached hydrogen (secondary N) is 1. The zero-order chi connectivity index (χ0) is 11.7. The van der Waals surface area contributed by atoms with Crippen LogP contribution in [0, 0.1) is 0 Å². The van der Waals surface area contributed by atoms with Gasteiger partial charge in [0, 0.05) is 37.6 Å². The highest BCUT2D eigenvalue weighted by molar-refractivity contribution is 5.00. The number of hydrogen-bond acceptors (Lipinski definition) is 4. The molecule has 2 N–H and O–H groups in total. The minimum atomic E-state index is -0.198. The molecule has 2 atom stereocenters. The Labute approximate surface area is 101 Å². The van der Waals surface area contributed by atoms with Crippen molar-refractivity contribution in [2.45, 2.75) is 31.5 Å². The highest BCUT2D eigenvalue weighted by Crippen LogP contribution is 2.21. The SMILES string of the molecule is O[C@H]1CN(Cc2ccn[nH]2)C[C@@H]1N1CCCC1. The van der Waals surface area contributed by atoms with E-state index in [0.717, 1.165) is 38.4 Å². The largest absolute Gasteiger partial charge is 0.390 e. The Morgan fingerprint density at radius 3 is 2.88 bits per heavy atom. The minimum Gasteiger partial charge on any atom is -0.390 e. The molecule has 1 aromatic rings. The predicted molar refractivity (Wildman–Crippen MR) is 64.5 cm³/mol. The maximum atomic E-state index is 10.1. The first-order valence-corrected chi connectivity index (χ1v) is 6.45. The molecule has 0 bridgehead atoms.